The van der Waals surface area contributed by atoms with E-state index in [1.807, 2.05) is 46.0 Å². The monoisotopic (exact) mass is 384 g/mol. The molecule has 0 saturated heterocycles. The average Bonchev–Trinajstić information content (AvgIpc) is 2.78. The topological polar surface area (TPSA) is 81.7 Å². The van der Waals surface area contributed by atoms with E-state index in [-0.39, 0.29) is 0 Å². The molecule has 3 rings (SSSR count). The van der Waals surface area contributed by atoms with Gasteiger partial charge in [0.25, 0.3) is 0 Å². The standard InChI is InChI=1S/C22H18N4O.C2H6/c1-15-19(14-26-20-7-3-17(11-23)4-8-20)13-25-16(2)22(15)27-21-9-5-18(12-24)6-10-21;1-2/h3-10,13,26H,14H2,1-2H3;1-2H3. The molecule has 0 aliphatic heterocycles. The van der Waals surface area contributed by atoms with E-state index < -0.39 is 0 Å². The summed E-state index contributed by atoms with van der Waals surface area (Å²) in [7, 11) is 0. The molecule has 1 aromatic heterocycles. The van der Waals surface area contributed by atoms with Gasteiger partial charge in [-0.05, 0) is 67.9 Å². The number of aromatic nitrogens is 1. The van der Waals surface area contributed by atoms with Crippen molar-refractivity contribution in [2.24, 2.45) is 0 Å². The average molecular weight is 384 g/mol. The molecule has 0 spiro atoms. The number of nitriles is 2. The van der Waals surface area contributed by atoms with Gasteiger partial charge < -0.3 is 10.1 Å². The number of anilines is 1. The smallest absolute Gasteiger partial charge is 0.151 e. The number of pyridine rings is 1. The first-order chi connectivity index (χ1) is 14.1. The molecular weight excluding hydrogens is 360 g/mol. The number of hydrogen-bond donors (Lipinski definition) is 1. The molecule has 0 unspecified atom stereocenters. The second-order valence-electron chi connectivity index (χ2n) is 6.10. The van der Waals surface area contributed by atoms with Gasteiger partial charge in [0.1, 0.15) is 5.75 Å². The highest BCUT2D eigenvalue weighted by Gasteiger charge is 2.11. The highest BCUT2D eigenvalue weighted by atomic mass is 16.5. The lowest BCUT2D eigenvalue weighted by Crippen LogP contribution is -2.05. The van der Waals surface area contributed by atoms with Crippen LogP contribution < -0.4 is 10.1 Å². The van der Waals surface area contributed by atoms with E-state index in [1.165, 1.54) is 0 Å². The first-order valence-corrected chi connectivity index (χ1v) is 9.48. The van der Waals surface area contributed by atoms with Crippen LogP contribution in [-0.2, 0) is 6.54 Å². The van der Waals surface area contributed by atoms with Crippen LogP contribution in [-0.4, -0.2) is 4.98 Å². The van der Waals surface area contributed by atoms with E-state index in [0.29, 0.717) is 23.4 Å². The fourth-order valence-electron chi connectivity index (χ4n) is 2.65. The third kappa shape index (κ3) is 5.57. The summed E-state index contributed by atoms with van der Waals surface area (Å²) in [5.41, 5.74) is 4.99. The van der Waals surface area contributed by atoms with Gasteiger partial charge in [-0.25, -0.2) is 0 Å². The van der Waals surface area contributed by atoms with Crippen LogP contribution in [0.4, 0.5) is 5.69 Å². The molecule has 0 amide bonds. The SMILES string of the molecule is CC.Cc1ncc(CNc2ccc(C#N)cc2)c(C)c1Oc1ccc(C#N)cc1. The van der Waals surface area contributed by atoms with Crippen LogP contribution >= 0.6 is 0 Å². The first-order valence-electron chi connectivity index (χ1n) is 9.48. The number of benzene rings is 2. The highest BCUT2D eigenvalue weighted by molar-refractivity contribution is 5.50. The zero-order chi connectivity index (χ0) is 21.2. The van der Waals surface area contributed by atoms with E-state index in [4.69, 9.17) is 15.3 Å². The van der Waals surface area contributed by atoms with Crippen molar-refractivity contribution in [2.45, 2.75) is 34.2 Å². The zero-order valence-corrected chi connectivity index (χ0v) is 17.2. The number of rotatable bonds is 5. The number of nitrogens with zero attached hydrogens (tertiary/aromatic N) is 3. The van der Waals surface area contributed by atoms with Crippen LogP contribution in [0.1, 0.15) is 41.8 Å². The van der Waals surface area contributed by atoms with Crippen LogP contribution in [0.15, 0.2) is 54.7 Å². The Kier molecular flexibility index (Phi) is 7.77. The Labute approximate surface area is 172 Å². The second kappa shape index (κ2) is 10.5. The molecular formula is C24H24N4O. The number of nitrogens with one attached hydrogen (secondary N) is 1. The Hall–Kier alpha value is -3.83. The zero-order valence-electron chi connectivity index (χ0n) is 17.2. The van der Waals surface area contributed by atoms with Gasteiger partial charge in [0, 0.05) is 24.0 Å². The minimum absolute atomic E-state index is 0.592. The molecule has 2 aromatic carbocycles. The van der Waals surface area contributed by atoms with E-state index in [9.17, 15) is 0 Å². The summed E-state index contributed by atoms with van der Waals surface area (Å²) in [5.74, 6) is 1.39. The summed E-state index contributed by atoms with van der Waals surface area (Å²) >= 11 is 0. The van der Waals surface area contributed by atoms with Gasteiger partial charge in [-0.15, -0.1) is 0 Å². The molecule has 0 bridgehead atoms. The Bertz CT molecular complexity index is 1030. The van der Waals surface area contributed by atoms with Crippen LogP contribution in [0.5, 0.6) is 11.5 Å². The van der Waals surface area contributed by atoms with Crippen LogP contribution in [0.3, 0.4) is 0 Å². The summed E-state index contributed by atoms with van der Waals surface area (Å²) in [5, 5.41) is 21.1. The molecule has 146 valence electrons. The van der Waals surface area contributed by atoms with Crippen molar-refractivity contribution >= 4 is 5.69 Å². The Morgan fingerprint density at radius 3 is 2.00 bits per heavy atom. The highest BCUT2D eigenvalue weighted by Crippen LogP contribution is 2.30. The lowest BCUT2D eigenvalue weighted by molar-refractivity contribution is 0.471. The maximum absolute atomic E-state index is 8.90. The molecule has 0 radical (unpaired) electrons. The second-order valence-corrected chi connectivity index (χ2v) is 6.10. The molecule has 1 heterocycles. The van der Waals surface area contributed by atoms with Crippen molar-refractivity contribution in [1.29, 1.82) is 10.5 Å². The molecule has 0 atom stereocenters. The van der Waals surface area contributed by atoms with Gasteiger partial charge in [0.15, 0.2) is 5.75 Å². The predicted molar refractivity (Wildman–Crippen MR) is 115 cm³/mol. The maximum Gasteiger partial charge on any atom is 0.151 e. The predicted octanol–water partition coefficient (Wildman–Crippen LogP) is 5.87. The normalized spacial score (nSPS) is 9.45. The molecule has 5 nitrogen and oxygen atoms in total. The summed E-state index contributed by atoms with van der Waals surface area (Å²) in [6, 6.07) is 18.5. The van der Waals surface area contributed by atoms with E-state index in [0.717, 1.165) is 28.3 Å². The van der Waals surface area contributed by atoms with Gasteiger partial charge in [-0.1, -0.05) is 13.8 Å². The van der Waals surface area contributed by atoms with E-state index >= 15 is 0 Å². The van der Waals surface area contributed by atoms with Gasteiger partial charge in [0.2, 0.25) is 0 Å². The summed E-state index contributed by atoms with van der Waals surface area (Å²) < 4.78 is 6.03. The number of ether oxygens (including phenoxy) is 1. The van der Waals surface area contributed by atoms with Crippen LogP contribution in [0.2, 0.25) is 0 Å². The first kappa shape index (κ1) is 21.5. The summed E-state index contributed by atoms with van der Waals surface area (Å²) in [4.78, 5) is 4.45. The molecule has 5 heteroatoms. The lowest BCUT2D eigenvalue weighted by atomic mass is 10.1. The van der Waals surface area contributed by atoms with Crippen LogP contribution in [0, 0.1) is 36.5 Å². The molecule has 3 aromatic rings. The van der Waals surface area contributed by atoms with Crippen molar-refractivity contribution in [3.8, 4) is 23.6 Å². The van der Waals surface area contributed by atoms with E-state index in [1.54, 1.807) is 36.4 Å². The fourth-order valence-corrected chi connectivity index (χ4v) is 2.65. The molecule has 1 N–H and O–H groups in total. The molecule has 0 saturated carbocycles. The number of aryl methyl sites for hydroxylation is 1. The molecule has 0 aliphatic carbocycles. The van der Waals surface area contributed by atoms with Gasteiger partial charge in [0.05, 0.1) is 29.0 Å². The number of hydrogen-bond acceptors (Lipinski definition) is 5. The third-order valence-corrected chi connectivity index (χ3v) is 4.27. The maximum atomic E-state index is 8.90. The summed E-state index contributed by atoms with van der Waals surface area (Å²) in [6.07, 6.45) is 1.84. The minimum Gasteiger partial charge on any atom is -0.455 e. The fraction of sp³-hybridized carbons (Fsp3) is 0.208. The largest absolute Gasteiger partial charge is 0.455 e. The Morgan fingerprint density at radius 1 is 0.897 bits per heavy atom. The van der Waals surface area contributed by atoms with Crippen molar-refractivity contribution in [3.63, 3.8) is 0 Å². The lowest BCUT2D eigenvalue weighted by Gasteiger charge is -2.15. The quantitative estimate of drug-likeness (QED) is 0.594. The van der Waals surface area contributed by atoms with Gasteiger partial charge in [-0.2, -0.15) is 10.5 Å². The minimum atomic E-state index is 0.592. The van der Waals surface area contributed by atoms with Crippen molar-refractivity contribution in [2.75, 3.05) is 5.32 Å². The van der Waals surface area contributed by atoms with Crippen molar-refractivity contribution in [1.82, 2.24) is 4.98 Å². The van der Waals surface area contributed by atoms with Gasteiger partial charge >= 0.3 is 0 Å². The summed E-state index contributed by atoms with van der Waals surface area (Å²) in [6.45, 7) is 8.50. The van der Waals surface area contributed by atoms with Crippen molar-refractivity contribution in [3.05, 3.63) is 82.7 Å². The van der Waals surface area contributed by atoms with Crippen molar-refractivity contribution < 1.29 is 4.74 Å². The van der Waals surface area contributed by atoms with Gasteiger partial charge in [-0.3, -0.25) is 4.98 Å². The van der Waals surface area contributed by atoms with E-state index in [2.05, 4.69) is 22.4 Å². The third-order valence-electron chi connectivity index (χ3n) is 4.27. The van der Waals surface area contributed by atoms with Crippen LogP contribution in [0.25, 0.3) is 0 Å². The Balaban J connectivity index is 0.00000145. The molecule has 0 fully saturated rings. The Morgan fingerprint density at radius 2 is 1.45 bits per heavy atom. The molecule has 0 aliphatic rings. The molecule has 29 heavy (non-hydrogen) atoms.